The van der Waals surface area contributed by atoms with Crippen molar-refractivity contribution >= 4 is 11.7 Å². The number of aliphatic hydroxyl groups is 1. The molecule has 1 amide bonds. The number of ether oxygens (including phenoxy) is 2. The van der Waals surface area contributed by atoms with E-state index in [0.29, 0.717) is 38.3 Å². The molecule has 0 aromatic heterocycles. The van der Waals surface area contributed by atoms with Crippen molar-refractivity contribution in [2.24, 2.45) is 0 Å². The van der Waals surface area contributed by atoms with Crippen molar-refractivity contribution in [2.45, 2.75) is 31.9 Å². The zero-order chi connectivity index (χ0) is 25.3. The number of carbonyl (C=O) groups excluding carboxylic acids is 2. The van der Waals surface area contributed by atoms with Gasteiger partial charge in [0.2, 0.25) is 0 Å². The van der Waals surface area contributed by atoms with Crippen molar-refractivity contribution < 1.29 is 24.2 Å². The SMILES string of the molecule is COCCCN1C(=O)C(O)=C(C(=O)CCc2ccccc2)C1c1cccc(OCc2ccccc2)c1. The lowest BCUT2D eigenvalue weighted by Crippen LogP contribution is -2.32. The summed E-state index contributed by atoms with van der Waals surface area (Å²) >= 11 is 0. The summed E-state index contributed by atoms with van der Waals surface area (Å²) in [6.07, 6.45) is 1.31. The van der Waals surface area contributed by atoms with Crippen LogP contribution in [0.1, 0.15) is 35.6 Å². The standard InChI is InChI=1S/C30H31NO5/c1-35-19-9-18-31-28(24-14-8-15-25(20-24)36-21-23-12-6-3-7-13-23)27(29(33)30(31)34)26(32)17-16-22-10-4-2-5-11-22/h2-8,10-15,20,28,33H,9,16-19,21H2,1H3. The third-order valence-electron chi connectivity index (χ3n) is 6.26. The molecule has 3 aromatic carbocycles. The van der Waals surface area contributed by atoms with Crippen molar-refractivity contribution in [3.8, 4) is 5.75 Å². The smallest absolute Gasteiger partial charge is 0.290 e. The maximum Gasteiger partial charge on any atom is 0.290 e. The van der Waals surface area contributed by atoms with E-state index in [0.717, 1.165) is 16.7 Å². The molecule has 0 fully saturated rings. The Morgan fingerprint density at radius 2 is 1.64 bits per heavy atom. The van der Waals surface area contributed by atoms with E-state index in [1.54, 1.807) is 12.0 Å². The van der Waals surface area contributed by atoms with Gasteiger partial charge in [0.15, 0.2) is 11.5 Å². The average Bonchev–Trinajstić information content (AvgIpc) is 3.17. The highest BCUT2D eigenvalue weighted by Crippen LogP contribution is 2.39. The number of hydrogen-bond donors (Lipinski definition) is 1. The van der Waals surface area contributed by atoms with Gasteiger partial charge in [-0.25, -0.2) is 0 Å². The number of benzene rings is 3. The van der Waals surface area contributed by atoms with Crippen LogP contribution in [0.5, 0.6) is 5.75 Å². The van der Waals surface area contributed by atoms with Crippen LogP contribution in [0.3, 0.4) is 0 Å². The Morgan fingerprint density at radius 3 is 2.33 bits per heavy atom. The summed E-state index contributed by atoms with van der Waals surface area (Å²) in [4.78, 5) is 28.0. The third kappa shape index (κ3) is 6.01. The number of methoxy groups -OCH3 is 1. The second kappa shape index (κ2) is 12.2. The number of rotatable bonds is 12. The first-order valence-corrected chi connectivity index (χ1v) is 12.2. The minimum atomic E-state index is -0.682. The molecule has 6 heteroatoms. The van der Waals surface area contributed by atoms with Crippen LogP contribution in [0.2, 0.25) is 0 Å². The Kier molecular flexibility index (Phi) is 8.53. The number of amides is 1. The second-order valence-corrected chi connectivity index (χ2v) is 8.77. The summed E-state index contributed by atoms with van der Waals surface area (Å²) < 4.78 is 11.2. The number of carbonyl (C=O) groups is 2. The number of Topliss-reactive ketones (excluding diaryl/α,β-unsaturated/α-hetero) is 1. The van der Waals surface area contributed by atoms with E-state index in [9.17, 15) is 14.7 Å². The molecule has 186 valence electrons. The van der Waals surface area contributed by atoms with E-state index in [1.165, 1.54) is 0 Å². The molecule has 36 heavy (non-hydrogen) atoms. The zero-order valence-corrected chi connectivity index (χ0v) is 20.4. The summed E-state index contributed by atoms with van der Waals surface area (Å²) in [6, 6.07) is 26.3. The Hall–Kier alpha value is -3.90. The van der Waals surface area contributed by atoms with Crippen molar-refractivity contribution in [1.29, 1.82) is 0 Å². The zero-order valence-electron chi connectivity index (χ0n) is 20.4. The van der Waals surface area contributed by atoms with E-state index in [2.05, 4.69) is 0 Å². The minimum Gasteiger partial charge on any atom is -0.503 e. The van der Waals surface area contributed by atoms with Crippen molar-refractivity contribution in [1.82, 2.24) is 4.90 Å². The molecular formula is C30H31NO5. The Morgan fingerprint density at radius 1 is 0.944 bits per heavy atom. The fraction of sp³-hybridized carbons (Fsp3) is 0.267. The fourth-order valence-electron chi connectivity index (χ4n) is 4.45. The monoisotopic (exact) mass is 485 g/mol. The molecule has 1 heterocycles. The minimum absolute atomic E-state index is 0.147. The lowest BCUT2D eigenvalue weighted by atomic mass is 9.93. The van der Waals surface area contributed by atoms with Gasteiger partial charge in [0.05, 0.1) is 11.6 Å². The summed E-state index contributed by atoms with van der Waals surface area (Å²) in [7, 11) is 1.60. The molecule has 0 saturated carbocycles. The highest BCUT2D eigenvalue weighted by atomic mass is 16.5. The first kappa shape index (κ1) is 25.2. The lowest BCUT2D eigenvalue weighted by Gasteiger charge is -2.27. The Bertz CT molecular complexity index is 1210. The molecule has 0 radical (unpaired) electrons. The normalized spacial score (nSPS) is 15.4. The van der Waals surface area contributed by atoms with Gasteiger partial charge in [-0.2, -0.15) is 0 Å². The van der Waals surface area contributed by atoms with Gasteiger partial charge in [-0.3, -0.25) is 9.59 Å². The van der Waals surface area contributed by atoms with E-state index in [-0.39, 0.29) is 17.8 Å². The largest absolute Gasteiger partial charge is 0.503 e. The molecule has 1 aliphatic heterocycles. The van der Waals surface area contributed by atoms with Gasteiger partial charge in [-0.05, 0) is 41.7 Å². The quantitative estimate of drug-likeness (QED) is 0.357. The van der Waals surface area contributed by atoms with E-state index in [1.807, 2.05) is 84.9 Å². The van der Waals surface area contributed by atoms with Gasteiger partial charge < -0.3 is 19.5 Å². The summed E-state index contributed by atoms with van der Waals surface area (Å²) in [5.74, 6) is -0.608. The lowest BCUT2D eigenvalue weighted by molar-refractivity contribution is -0.129. The van der Waals surface area contributed by atoms with Crippen molar-refractivity contribution in [3.63, 3.8) is 0 Å². The molecule has 3 aromatic rings. The van der Waals surface area contributed by atoms with Crippen LogP contribution in [0.25, 0.3) is 0 Å². The molecule has 1 aliphatic rings. The summed E-state index contributed by atoms with van der Waals surface area (Å²) in [6.45, 7) is 1.22. The Balaban J connectivity index is 1.59. The Labute approximate surface area is 211 Å². The molecular weight excluding hydrogens is 454 g/mol. The number of nitrogens with zero attached hydrogens (tertiary/aromatic N) is 1. The summed E-state index contributed by atoms with van der Waals surface area (Å²) in [5, 5.41) is 10.8. The molecule has 4 rings (SSSR count). The first-order chi connectivity index (χ1) is 17.6. The molecule has 0 bridgehead atoms. The predicted molar refractivity (Wildman–Crippen MR) is 138 cm³/mol. The van der Waals surface area contributed by atoms with Crippen LogP contribution in [0.15, 0.2) is 96.3 Å². The molecule has 1 atom stereocenters. The molecule has 1 unspecified atom stereocenters. The van der Waals surface area contributed by atoms with Gasteiger partial charge in [0, 0.05) is 26.7 Å². The van der Waals surface area contributed by atoms with Gasteiger partial charge in [0.1, 0.15) is 12.4 Å². The molecule has 1 N–H and O–H groups in total. The van der Waals surface area contributed by atoms with E-state index < -0.39 is 17.7 Å². The highest BCUT2D eigenvalue weighted by molar-refractivity contribution is 6.09. The maximum atomic E-state index is 13.4. The fourth-order valence-corrected chi connectivity index (χ4v) is 4.45. The van der Waals surface area contributed by atoms with E-state index in [4.69, 9.17) is 9.47 Å². The molecule has 0 spiro atoms. The van der Waals surface area contributed by atoms with Crippen LogP contribution >= 0.6 is 0 Å². The third-order valence-corrected chi connectivity index (χ3v) is 6.26. The number of ketones is 1. The van der Waals surface area contributed by atoms with Gasteiger partial charge in [0.25, 0.3) is 5.91 Å². The van der Waals surface area contributed by atoms with Crippen molar-refractivity contribution in [2.75, 3.05) is 20.3 Å². The molecule has 0 saturated heterocycles. The molecule has 6 nitrogen and oxygen atoms in total. The highest BCUT2D eigenvalue weighted by Gasteiger charge is 2.43. The second-order valence-electron chi connectivity index (χ2n) is 8.77. The van der Waals surface area contributed by atoms with Crippen LogP contribution in [0, 0.1) is 0 Å². The maximum absolute atomic E-state index is 13.4. The molecule has 0 aliphatic carbocycles. The number of aliphatic hydroxyl groups excluding tert-OH is 1. The number of aryl methyl sites for hydroxylation is 1. The average molecular weight is 486 g/mol. The van der Waals surface area contributed by atoms with Crippen LogP contribution in [-0.4, -0.2) is 42.0 Å². The van der Waals surface area contributed by atoms with Gasteiger partial charge >= 0.3 is 0 Å². The van der Waals surface area contributed by atoms with Crippen molar-refractivity contribution in [3.05, 3.63) is 113 Å². The van der Waals surface area contributed by atoms with E-state index >= 15 is 0 Å². The number of hydrogen-bond acceptors (Lipinski definition) is 5. The van der Waals surface area contributed by atoms with Crippen LogP contribution in [0.4, 0.5) is 0 Å². The van der Waals surface area contributed by atoms with Gasteiger partial charge in [-0.15, -0.1) is 0 Å². The van der Waals surface area contributed by atoms with Crippen LogP contribution < -0.4 is 4.74 Å². The summed E-state index contributed by atoms with van der Waals surface area (Å²) in [5.41, 5.74) is 2.93. The van der Waals surface area contributed by atoms with Gasteiger partial charge in [-0.1, -0.05) is 72.8 Å². The topological polar surface area (TPSA) is 76.1 Å². The first-order valence-electron chi connectivity index (χ1n) is 12.2. The van der Waals surface area contributed by atoms with Crippen LogP contribution in [-0.2, 0) is 27.4 Å². The predicted octanol–water partition coefficient (Wildman–Crippen LogP) is 5.20.